The number of imidazole rings is 1. The Kier molecular flexibility index (Phi) is 3.08. The molecule has 1 N–H and O–H groups in total. The number of nitrogens with zero attached hydrogens (tertiary/aromatic N) is 3. The summed E-state index contributed by atoms with van der Waals surface area (Å²) in [5.74, 6) is 0.925. The van der Waals surface area contributed by atoms with Crippen LogP contribution in [0.4, 0.5) is 0 Å². The Hall–Kier alpha value is -0.870. The van der Waals surface area contributed by atoms with Crippen molar-refractivity contribution in [3.05, 3.63) is 18.7 Å². The lowest BCUT2D eigenvalue weighted by atomic mass is 9.83. The van der Waals surface area contributed by atoms with E-state index in [0.29, 0.717) is 12.1 Å². The summed E-state index contributed by atoms with van der Waals surface area (Å²) in [5.41, 5.74) is 0. The van der Waals surface area contributed by atoms with Crippen LogP contribution in [-0.4, -0.2) is 46.2 Å². The van der Waals surface area contributed by atoms with Crippen molar-refractivity contribution in [2.75, 3.05) is 19.6 Å². The molecule has 4 heterocycles. The van der Waals surface area contributed by atoms with Gasteiger partial charge in [-0.05, 0) is 51.1 Å². The molecule has 4 fully saturated rings. The number of piperidine rings is 3. The Morgan fingerprint density at radius 1 is 1.05 bits per heavy atom. The maximum Gasteiger partial charge on any atom is 0.0949 e. The van der Waals surface area contributed by atoms with Crippen LogP contribution >= 0.6 is 0 Å². The molecule has 2 bridgehead atoms. The molecule has 4 aliphatic rings. The second kappa shape index (κ2) is 4.91. The van der Waals surface area contributed by atoms with Gasteiger partial charge in [-0.1, -0.05) is 0 Å². The predicted molar refractivity (Wildman–Crippen MR) is 75.0 cm³/mol. The van der Waals surface area contributed by atoms with Gasteiger partial charge in [0.1, 0.15) is 0 Å². The van der Waals surface area contributed by atoms with Gasteiger partial charge in [-0.15, -0.1) is 0 Å². The van der Waals surface area contributed by atoms with Gasteiger partial charge in [0, 0.05) is 37.1 Å². The Morgan fingerprint density at radius 2 is 1.95 bits per heavy atom. The van der Waals surface area contributed by atoms with Crippen molar-refractivity contribution < 1.29 is 0 Å². The van der Waals surface area contributed by atoms with Crippen molar-refractivity contribution in [1.82, 2.24) is 19.8 Å². The number of aromatic nitrogens is 2. The minimum atomic E-state index is 0.623. The maximum atomic E-state index is 4.21. The lowest BCUT2D eigenvalue weighted by Gasteiger charge is -2.46. The number of hydrogen-bond acceptors (Lipinski definition) is 3. The molecular formula is C15H24N4. The highest BCUT2D eigenvalue weighted by Gasteiger charge is 2.37. The molecule has 5 rings (SSSR count). The van der Waals surface area contributed by atoms with Crippen molar-refractivity contribution in [2.45, 2.75) is 50.2 Å². The van der Waals surface area contributed by atoms with Crippen LogP contribution in [0.2, 0.25) is 0 Å². The fourth-order valence-electron chi connectivity index (χ4n) is 4.39. The average Bonchev–Trinajstić information content (AvgIpc) is 3.10. The Morgan fingerprint density at radius 3 is 2.63 bits per heavy atom. The van der Waals surface area contributed by atoms with E-state index < -0.39 is 0 Å². The fraction of sp³-hybridized carbons (Fsp3) is 0.800. The molecule has 1 aromatic rings. The van der Waals surface area contributed by atoms with E-state index in [0.717, 1.165) is 12.0 Å². The van der Waals surface area contributed by atoms with Crippen LogP contribution in [0.1, 0.15) is 38.1 Å². The smallest absolute Gasteiger partial charge is 0.0949 e. The first kappa shape index (κ1) is 11.9. The predicted octanol–water partition coefficient (Wildman–Crippen LogP) is 1.66. The molecule has 4 nitrogen and oxygen atoms in total. The van der Waals surface area contributed by atoms with Gasteiger partial charge in [-0.25, -0.2) is 4.98 Å². The Balaban J connectivity index is 1.44. The minimum Gasteiger partial charge on any atom is -0.333 e. The Bertz CT molecular complexity index is 408. The van der Waals surface area contributed by atoms with Gasteiger partial charge in [-0.3, -0.25) is 0 Å². The third-order valence-electron chi connectivity index (χ3n) is 5.47. The van der Waals surface area contributed by atoms with Gasteiger partial charge in [0.05, 0.1) is 6.33 Å². The first-order chi connectivity index (χ1) is 9.40. The van der Waals surface area contributed by atoms with Gasteiger partial charge < -0.3 is 14.8 Å². The summed E-state index contributed by atoms with van der Waals surface area (Å²) >= 11 is 0. The monoisotopic (exact) mass is 260 g/mol. The number of rotatable bonds is 3. The molecule has 4 heteroatoms. The van der Waals surface area contributed by atoms with Crippen LogP contribution in [0.15, 0.2) is 18.7 Å². The van der Waals surface area contributed by atoms with Crippen LogP contribution < -0.4 is 5.32 Å². The van der Waals surface area contributed by atoms with E-state index in [9.17, 15) is 0 Å². The lowest BCUT2D eigenvalue weighted by molar-refractivity contribution is 0.0645. The molecule has 1 saturated carbocycles. The molecule has 104 valence electrons. The largest absolute Gasteiger partial charge is 0.333 e. The molecule has 0 aromatic carbocycles. The molecule has 19 heavy (non-hydrogen) atoms. The van der Waals surface area contributed by atoms with Gasteiger partial charge in [0.15, 0.2) is 0 Å². The molecule has 3 aliphatic heterocycles. The SMILES string of the molecule is c1cn(C2CCCC2NC2CN3CCC2CC3)cn1. The second-order valence-electron chi connectivity index (χ2n) is 6.53. The van der Waals surface area contributed by atoms with Crippen molar-refractivity contribution in [2.24, 2.45) is 5.92 Å². The van der Waals surface area contributed by atoms with Gasteiger partial charge >= 0.3 is 0 Å². The van der Waals surface area contributed by atoms with E-state index in [1.807, 2.05) is 12.5 Å². The van der Waals surface area contributed by atoms with Crippen LogP contribution in [0.5, 0.6) is 0 Å². The van der Waals surface area contributed by atoms with Crippen molar-refractivity contribution in [3.8, 4) is 0 Å². The van der Waals surface area contributed by atoms with Crippen LogP contribution in [0, 0.1) is 5.92 Å². The maximum absolute atomic E-state index is 4.21. The normalized spacial score (nSPS) is 41.8. The first-order valence-corrected chi connectivity index (χ1v) is 7.86. The standard InChI is InChI=1S/C15H24N4/c1-2-13(15(3-1)19-9-6-16-11-19)17-14-10-18-7-4-12(14)5-8-18/h6,9,11-15,17H,1-5,7-8,10H2. The average molecular weight is 260 g/mol. The summed E-state index contributed by atoms with van der Waals surface area (Å²) in [6.07, 6.45) is 12.8. The van der Waals surface area contributed by atoms with Gasteiger partial charge in [-0.2, -0.15) is 0 Å². The van der Waals surface area contributed by atoms with E-state index in [-0.39, 0.29) is 0 Å². The van der Waals surface area contributed by atoms with Crippen molar-refractivity contribution >= 4 is 0 Å². The van der Waals surface area contributed by atoms with E-state index in [4.69, 9.17) is 0 Å². The fourth-order valence-corrected chi connectivity index (χ4v) is 4.39. The molecule has 0 spiro atoms. The molecular weight excluding hydrogens is 236 g/mol. The summed E-state index contributed by atoms with van der Waals surface area (Å²) in [4.78, 5) is 6.85. The summed E-state index contributed by atoms with van der Waals surface area (Å²) < 4.78 is 2.31. The minimum absolute atomic E-state index is 0.623. The van der Waals surface area contributed by atoms with Crippen LogP contribution in [0.3, 0.4) is 0 Å². The van der Waals surface area contributed by atoms with Gasteiger partial charge in [0.2, 0.25) is 0 Å². The summed E-state index contributed by atoms with van der Waals surface area (Å²) in [6, 6.07) is 2.01. The van der Waals surface area contributed by atoms with E-state index in [2.05, 4.69) is 26.0 Å². The van der Waals surface area contributed by atoms with Crippen molar-refractivity contribution in [3.63, 3.8) is 0 Å². The highest BCUT2D eigenvalue weighted by atomic mass is 15.2. The molecule has 3 unspecified atom stereocenters. The zero-order valence-electron chi connectivity index (χ0n) is 11.5. The lowest BCUT2D eigenvalue weighted by Crippen LogP contribution is -2.58. The number of hydrogen-bond donors (Lipinski definition) is 1. The zero-order chi connectivity index (χ0) is 12.7. The molecule has 1 aliphatic carbocycles. The van der Waals surface area contributed by atoms with E-state index in [1.54, 1.807) is 0 Å². The molecule has 0 radical (unpaired) electrons. The Labute approximate surface area is 115 Å². The van der Waals surface area contributed by atoms with E-state index in [1.165, 1.54) is 51.7 Å². The summed E-state index contributed by atoms with van der Waals surface area (Å²) in [6.45, 7) is 3.94. The first-order valence-electron chi connectivity index (χ1n) is 7.86. The highest BCUT2D eigenvalue weighted by Crippen LogP contribution is 2.33. The topological polar surface area (TPSA) is 33.1 Å². The molecule has 1 aromatic heterocycles. The second-order valence-corrected chi connectivity index (χ2v) is 6.53. The summed E-state index contributed by atoms with van der Waals surface area (Å²) in [5, 5.41) is 4.00. The van der Waals surface area contributed by atoms with Crippen LogP contribution in [-0.2, 0) is 0 Å². The summed E-state index contributed by atoms with van der Waals surface area (Å²) in [7, 11) is 0. The number of fused-ring (bicyclic) bond motifs is 3. The molecule has 3 atom stereocenters. The third-order valence-corrected chi connectivity index (χ3v) is 5.47. The zero-order valence-corrected chi connectivity index (χ0v) is 11.5. The number of nitrogens with one attached hydrogen (secondary N) is 1. The van der Waals surface area contributed by atoms with Crippen molar-refractivity contribution in [1.29, 1.82) is 0 Å². The highest BCUT2D eigenvalue weighted by molar-refractivity contribution is 4.97. The molecule has 0 amide bonds. The molecule has 3 saturated heterocycles. The third kappa shape index (κ3) is 2.21. The van der Waals surface area contributed by atoms with E-state index >= 15 is 0 Å². The van der Waals surface area contributed by atoms with Crippen LogP contribution in [0.25, 0.3) is 0 Å². The van der Waals surface area contributed by atoms with Gasteiger partial charge in [0.25, 0.3) is 0 Å². The quantitative estimate of drug-likeness (QED) is 0.897.